The molecule has 0 bridgehead atoms. The standard InChI is InChI=1S/C11H15NO4S/c1-11(2,10(13)14)17(15,16)12-8-9-6-4-3-5-7-9/h3-7,12H,8H2,1-2H3,(H,13,14)/p-1. The molecule has 0 amide bonds. The minimum Gasteiger partial charge on any atom is -0.548 e. The molecule has 1 rings (SSSR count). The van der Waals surface area contributed by atoms with Crippen LogP contribution in [0.3, 0.4) is 0 Å². The number of rotatable bonds is 5. The molecule has 0 radical (unpaired) electrons. The van der Waals surface area contributed by atoms with Gasteiger partial charge < -0.3 is 9.90 Å². The van der Waals surface area contributed by atoms with Crippen LogP contribution in [-0.2, 0) is 21.4 Å². The van der Waals surface area contributed by atoms with Gasteiger partial charge in [0.15, 0.2) is 0 Å². The van der Waals surface area contributed by atoms with Crippen molar-refractivity contribution in [1.82, 2.24) is 4.72 Å². The number of hydrogen-bond acceptors (Lipinski definition) is 4. The first-order valence-electron chi connectivity index (χ1n) is 5.02. The molecule has 17 heavy (non-hydrogen) atoms. The first kappa shape index (κ1) is 13.7. The number of carbonyl (C=O) groups is 1. The second-order valence-corrected chi connectivity index (χ2v) is 6.42. The second kappa shape index (κ2) is 4.85. The summed E-state index contributed by atoms with van der Waals surface area (Å²) in [4.78, 5) is 10.7. The largest absolute Gasteiger partial charge is 0.548 e. The Morgan fingerprint density at radius 2 is 1.82 bits per heavy atom. The molecule has 0 unspecified atom stereocenters. The number of carboxylic acid groups (broad SMARTS) is 1. The molecule has 0 aromatic heterocycles. The number of benzene rings is 1. The summed E-state index contributed by atoms with van der Waals surface area (Å²) >= 11 is 0. The first-order valence-corrected chi connectivity index (χ1v) is 6.50. The van der Waals surface area contributed by atoms with E-state index in [-0.39, 0.29) is 6.54 Å². The van der Waals surface area contributed by atoms with E-state index in [4.69, 9.17) is 0 Å². The van der Waals surface area contributed by atoms with Crippen molar-refractivity contribution in [3.05, 3.63) is 35.9 Å². The monoisotopic (exact) mass is 256 g/mol. The first-order chi connectivity index (χ1) is 7.77. The molecule has 94 valence electrons. The third kappa shape index (κ3) is 3.04. The lowest BCUT2D eigenvalue weighted by molar-refractivity contribution is -0.308. The topological polar surface area (TPSA) is 86.3 Å². The summed E-state index contributed by atoms with van der Waals surface area (Å²) < 4.78 is 23.8. The van der Waals surface area contributed by atoms with Gasteiger partial charge >= 0.3 is 0 Å². The maximum Gasteiger partial charge on any atom is 0.222 e. The zero-order valence-electron chi connectivity index (χ0n) is 9.64. The fourth-order valence-electron chi connectivity index (χ4n) is 1.06. The van der Waals surface area contributed by atoms with Crippen LogP contribution < -0.4 is 9.83 Å². The third-order valence-electron chi connectivity index (χ3n) is 2.47. The summed E-state index contributed by atoms with van der Waals surface area (Å²) in [6.45, 7) is 2.24. The van der Waals surface area contributed by atoms with Crippen LogP contribution in [0.25, 0.3) is 0 Å². The number of nitrogens with one attached hydrogen (secondary N) is 1. The molecule has 1 aromatic rings. The van der Waals surface area contributed by atoms with E-state index in [0.29, 0.717) is 0 Å². The maximum atomic E-state index is 11.7. The van der Waals surface area contributed by atoms with E-state index in [1.54, 1.807) is 24.3 Å². The van der Waals surface area contributed by atoms with E-state index in [0.717, 1.165) is 19.4 Å². The number of hydrogen-bond donors (Lipinski definition) is 1. The molecule has 0 aliphatic heterocycles. The normalized spacial score (nSPS) is 12.4. The van der Waals surface area contributed by atoms with Crippen LogP contribution in [0.2, 0.25) is 0 Å². The second-order valence-electron chi connectivity index (χ2n) is 4.11. The van der Waals surface area contributed by atoms with Crippen molar-refractivity contribution in [3.63, 3.8) is 0 Å². The Morgan fingerprint density at radius 1 is 1.29 bits per heavy atom. The van der Waals surface area contributed by atoms with Crippen LogP contribution in [0.1, 0.15) is 19.4 Å². The van der Waals surface area contributed by atoms with E-state index in [2.05, 4.69) is 4.72 Å². The molecule has 0 fully saturated rings. The molecule has 0 heterocycles. The number of sulfonamides is 1. The van der Waals surface area contributed by atoms with Crippen molar-refractivity contribution in [2.75, 3.05) is 0 Å². The van der Waals surface area contributed by atoms with Crippen molar-refractivity contribution in [2.24, 2.45) is 0 Å². The van der Waals surface area contributed by atoms with E-state index < -0.39 is 20.7 Å². The Morgan fingerprint density at radius 3 is 2.29 bits per heavy atom. The fraction of sp³-hybridized carbons (Fsp3) is 0.364. The number of carboxylic acids is 1. The highest BCUT2D eigenvalue weighted by molar-refractivity contribution is 7.91. The van der Waals surface area contributed by atoms with Crippen LogP contribution in [0.5, 0.6) is 0 Å². The minimum absolute atomic E-state index is 0.0554. The van der Waals surface area contributed by atoms with Gasteiger partial charge in [0, 0.05) is 6.54 Å². The predicted molar refractivity (Wildman–Crippen MR) is 61.3 cm³/mol. The average molecular weight is 256 g/mol. The van der Waals surface area contributed by atoms with Crippen LogP contribution in [0.15, 0.2) is 30.3 Å². The average Bonchev–Trinajstić information content (AvgIpc) is 2.27. The van der Waals surface area contributed by atoms with E-state index in [1.165, 1.54) is 0 Å². The third-order valence-corrected chi connectivity index (χ3v) is 4.51. The summed E-state index contributed by atoms with van der Waals surface area (Å²) in [5.41, 5.74) is 0.755. The van der Waals surface area contributed by atoms with Gasteiger partial charge in [0.25, 0.3) is 0 Å². The molecule has 0 saturated carbocycles. The van der Waals surface area contributed by atoms with Crippen LogP contribution in [0, 0.1) is 0 Å². The lowest BCUT2D eigenvalue weighted by Crippen LogP contribution is -2.53. The predicted octanol–water partition coefficient (Wildman–Crippen LogP) is -0.365. The molecule has 6 heteroatoms. The molecule has 0 spiro atoms. The van der Waals surface area contributed by atoms with Gasteiger partial charge in [-0.2, -0.15) is 0 Å². The highest BCUT2D eigenvalue weighted by Crippen LogP contribution is 2.14. The van der Waals surface area contributed by atoms with Gasteiger partial charge in [-0.25, -0.2) is 13.1 Å². The van der Waals surface area contributed by atoms with Gasteiger partial charge in [-0.05, 0) is 19.4 Å². The molecule has 1 N–H and O–H groups in total. The fourth-order valence-corrected chi connectivity index (χ4v) is 2.00. The Bertz CT molecular complexity index is 493. The number of aliphatic carboxylic acids is 1. The Kier molecular flexibility index (Phi) is 3.90. The summed E-state index contributed by atoms with van der Waals surface area (Å²) in [5, 5.41) is 10.7. The Balaban J connectivity index is 2.79. The van der Waals surface area contributed by atoms with Gasteiger partial charge in [0.1, 0.15) is 4.75 Å². The van der Waals surface area contributed by atoms with E-state index in [9.17, 15) is 18.3 Å². The van der Waals surface area contributed by atoms with Gasteiger partial charge in [-0.15, -0.1) is 0 Å². The zero-order valence-corrected chi connectivity index (χ0v) is 10.5. The van der Waals surface area contributed by atoms with Crippen molar-refractivity contribution in [2.45, 2.75) is 25.1 Å². The minimum atomic E-state index is -3.97. The van der Waals surface area contributed by atoms with E-state index >= 15 is 0 Å². The van der Waals surface area contributed by atoms with Gasteiger partial charge in [0.05, 0.1) is 5.97 Å². The molecule has 0 aliphatic carbocycles. The molecule has 0 aliphatic rings. The summed E-state index contributed by atoms with van der Waals surface area (Å²) in [6.07, 6.45) is 0. The molecule has 0 atom stereocenters. The Hall–Kier alpha value is -1.40. The molecule has 0 saturated heterocycles. The molecule has 5 nitrogen and oxygen atoms in total. The molecular weight excluding hydrogens is 242 g/mol. The highest BCUT2D eigenvalue weighted by Gasteiger charge is 2.35. The highest BCUT2D eigenvalue weighted by atomic mass is 32.2. The lowest BCUT2D eigenvalue weighted by atomic mass is 10.2. The van der Waals surface area contributed by atoms with Crippen molar-refractivity contribution >= 4 is 16.0 Å². The Labute approximate surface area is 101 Å². The van der Waals surface area contributed by atoms with Gasteiger partial charge in [-0.3, -0.25) is 0 Å². The summed E-state index contributed by atoms with van der Waals surface area (Å²) in [7, 11) is -3.97. The van der Waals surface area contributed by atoms with Gasteiger partial charge in [-0.1, -0.05) is 30.3 Å². The smallest absolute Gasteiger partial charge is 0.222 e. The molecule has 1 aromatic carbocycles. The van der Waals surface area contributed by atoms with Crippen LogP contribution in [0.4, 0.5) is 0 Å². The number of carbonyl (C=O) groups excluding carboxylic acids is 1. The van der Waals surface area contributed by atoms with Crippen molar-refractivity contribution in [3.8, 4) is 0 Å². The van der Waals surface area contributed by atoms with E-state index in [1.807, 2.05) is 6.07 Å². The van der Waals surface area contributed by atoms with Crippen molar-refractivity contribution in [1.29, 1.82) is 0 Å². The maximum absolute atomic E-state index is 11.7. The molecular formula is C11H14NO4S-. The summed E-state index contributed by atoms with van der Waals surface area (Å²) in [6, 6.07) is 8.84. The van der Waals surface area contributed by atoms with Gasteiger partial charge in [0.2, 0.25) is 10.0 Å². The quantitative estimate of drug-likeness (QED) is 0.779. The van der Waals surface area contributed by atoms with Crippen LogP contribution >= 0.6 is 0 Å². The SMILES string of the molecule is CC(C)(C(=O)[O-])S(=O)(=O)NCc1ccccc1. The van der Waals surface area contributed by atoms with Crippen molar-refractivity contribution < 1.29 is 18.3 Å². The lowest BCUT2D eigenvalue weighted by Gasteiger charge is -2.25. The summed E-state index contributed by atoms with van der Waals surface area (Å²) in [5.74, 6) is -1.63. The zero-order chi connectivity index (χ0) is 13.1. The van der Waals surface area contributed by atoms with Crippen LogP contribution in [-0.4, -0.2) is 19.1 Å².